The quantitative estimate of drug-likeness (QED) is 0.474. The molecule has 0 heterocycles. The molecule has 6 heteroatoms. The molecule has 0 spiro atoms. The highest BCUT2D eigenvalue weighted by atomic mass is 32.2. The first-order valence-electron chi connectivity index (χ1n) is 6.43. The maximum absolute atomic E-state index is 11.6. The van der Waals surface area contributed by atoms with Gasteiger partial charge in [0, 0.05) is 23.2 Å². The standard InChI is InChI=1S/C14H20N2O2S2/c1-4-18-12(17)9-16(3)10-7-6-8-11(20-5-2)13(10)14(15)19/h6-8H,4-5,9H2,1-3H3,(H2,15,19). The topological polar surface area (TPSA) is 55.6 Å². The highest BCUT2D eigenvalue weighted by Gasteiger charge is 2.16. The third kappa shape index (κ3) is 4.38. The highest BCUT2D eigenvalue weighted by Crippen LogP contribution is 2.30. The fraction of sp³-hybridized carbons (Fsp3) is 0.429. The van der Waals surface area contributed by atoms with Gasteiger partial charge in [-0.1, -0.05) is 25.2 Å². The Hall–Kier alpha value is -1.27. The minimum atomic E-state index is -0.266. The van der Waals surface area contributed by atoms with Crippen LogP contribution in [0.4, 0.5) is 5.69 Å². The van der Waals surface area contributed by atoms with Crippen molar-refractivity contribution in [3.8, 4) is 0 Å². The van der Waals surface area contributed by atoms with Gasteiger partial charge in [0.15, 0.2) is 0 Å². The zero-order chi connectivity index (χ0) is 15.1. The van der Waals surface area contributed by atoms with Gasteiger partial charge in [0.05, 0.1) is 6.61 Å². The summed E-state index contributed by atoms with van der Waals surface area (Å²) in [5, 5.41) is 0. The van der Waals surface area contributed by atoms with Crippen LogP contribution in [0.25, 0.3) is 0 Å². The number of hydrogen-bond donors (Lipinski definition) is 1. The molecule has 1 aromatic carbocycles. The van der Waals surface area contributed by atoms with E-state index in [1.165, 1.54) is 0 Å². The summed E-state index contributed by atoms with van der Waals surface area (Å²) in [6.07, 6.45) is 0. The molecule has 0 atom stereocenters. The van der Waals surface area contributed by atoms with E-state index >= 15 is 0 Å². The number of hydrogen-bond acceptors (Lipinski definition) is 5. The molecule has 0 aromatic heterocycles. The van der Waals surface area contributed by atoms with Crippen molar-refractivity contribution in [1.82, 2.24) is 0 Å². The van der Waals surface area contributed by atoms with Crippen molar-refractivity contribution < 1.29 is 9.53 Å². The molecular weight excluding hydrogens is 292 g/mol. The molecule has 0 aliphatic heterocycles. The van der Waals surface area contributed by atoms with Crippen molar-refractivity contribution in [1.29, 1.82) is 0 Å². The first-order chi connectivity index (χ1) is 9.51. The van der Waals surface area contributed by atoms with Crippen LogP contribution in [0.3, 0.4) is 0 Å². The Labute approximate surface area is 129 Å². The lowest BCUT2D eigenvalue weighted by atomic mass is 10.1. The normalized spacial score (nSPS) is 10.2. The molecule has 1 aromatic rings. The van der Waals surface area contributed by atoms with Gasteiger partial charge in [0.25, 0.3) is 0 Å². The summed E-state index contributed by atoms with van der Waals surface area (Å²) < 4.78 is 4.96. The lowest BCUT2D eigenvalue weighted by Gasteiger charge is -2.22. The van der Waals surface area contributed by atoms with Crippen LogP contribution in [0.1, 0.15) is 19.4 Å². The lowest BCUT2D eigenvalue weighted by Crippen LogP contribution is -2.29. The van der Waals surface area contributed by atoms with Crippen LogP contribution in [0.15, 0.2) is 23.1 Å². The van der Waals surface area contributed by atoms with E-state index in [2.05, 4.69) is 6.92 Å². The molecule has 0 fully saturated rings. The van der Waals surface area contributed by atoms with Gasteiger partial charge in [-0.2, -0.15) is 0 Å². The maximum Gasteiger partial charge on any atom is 0.325 e. The van der Waals surface area contributed by atoms with Crippen LogP contribution in [-0.2, 0) is 9.53 Å². The number of thioether (sulfide) groups is 1. The van der Waals surface area contributed by atoms with E-state index in [1.807, 2.05) is 30.1 Å². The van der Waals surface area contributed by atoms with Crippen LogP contribution in [0.2, 0.25) is 0 Å². The molecule has 2 N–H and O–H groups in total. The Kier molecular flexibility index (Phi) is 6.81. The van der Waals surface area contributed by atoms with E-state index in [9.17, 15) is 4.79 Å². The van der Waals surface area contributed by atoms with Gasteiger partial charge in [0.2, 0.25) is 0 Å². The van der Waals surface area contributed by atoms with E-state index in [4.69, 9.17) is 22.7 Å². The predicted molar refractivity (Wildman–Crippen MR) is 88.6 cm³/mol. The van der Waals surface area contributed by atoms with E-state index < -0.39 is 0 Å². The number of thiocarbonyl (C=S) groups is 1. The smallest absolute Gasteiger partial charge is 0.325 e. The monoisotopic (exact) mass is 312 g/mol. The van der Waals surface area contributed by atoms with Gasteiger partial charge >= 0.3 is 5.97 Å². The number of nitrogens with two attached hydrogens (primary N) is 1. The summed E-state index contributed by atoms with van der Waals surface area (Å²) in [5.74, 6) is 0.665. The molecule has 4 nitrogen and oxygen atoms in total. The van der Waals surface area contributed by atoms with Gasteiger partial charge in [-0.25, -0.2) is 0 Å². The van der Waals surface area contributed by atoms with Crippen molar-refractivity contribution >= 4 is 40.6 Å². The number of carbonyl (C=O) groups excluding carboxylic acids is 1. The van der Waals surface area contributed by atoms with Crippen LogP contribution >= 0.6 is 24.0 Å². The first-order valence-corrected chi connectivity index (χ1v) is 7.83. The molecule has 110 valence electrons. The predicted octanol–water partition coefficient (Wildman–Crippen LogP) is 2.43. The van der Waals surface area contributed by atoms with Crippen LogP contribution < -0.4 is 10.6 Å². The van der Waals surface area contributed by atoms with Crippen molar-refractivity contribution in [2.45, 2.75) is 18.7 Å². The van der Waals surface area contributed by atoms with Crippen molar-refractivity contribution in [3.63, 3.8) is 0 Å². The Bertz CT molecular complexity index is 492. The largest absolute Gasteiger partial charge is 0.465 e. The van der Waals surface area contributed by atoms with E-state index in [0.717, 1.165) is 21.9 Å². The molecule has 1 rings (SSSR count). The van der Waals surface area contributed by atoms with Crippen molar-refractivity contribution in [2.75, 3.05) is 30.9 Å². The summed E-state index contributed by atoms with van der Waals surface area (Å²) in [4.78, 5) is 14.8. The molecule has 0 bridgehead atoms. The average molecular weight is 312 g/mol. The Morgan fingerprint density at radius 2 is 2.15 bits per heavy atom. The summed E-state index contributed by atoms with van der Waals surface area (Å²) in [7, 11) is 1.83. The molecular formula is C14H20N2O2S2. The number of ether oxygens (including phenoxy) is 1. The molecule has 0 saturated heterocycles. The van der Waals surface area contributed by atoms with Gasteiger partial charge in [-0.3, -0.25) is 4.79 Å². The average Bonchev–Trinajstić information content (AvgIpc) is 2.38. The van der Waals surface area contributed by atoms with Crippen LogP contribution in [0, 0.1) is 0 Å². The number of esters is 1. The Morgan fingerprint density at radius 1 is 1.45 bits per heavy atom. The fourth-order valence-electron chi connectivity index (χ4n) is 1.85. The molecule has 0 unspecified atom stereocenters. The summed E-state index contributed by atoms with van der Waals surface area (Å²) in [6, 6.07) is 5.84. The third-order valence-electron chi connectivity index (χ3n) is 2.63. The van der Waals surface area contributed by atoms with Crippen LogP contribution in [0.5, 0.6) is 0 Å². The molecule has 0 radical (unpaired) electrons. The SMILES string of the molecule is CCOC(=O)CN(C)c1cccc(SCC)c1C(N)=S. The Morgan fingerprint density at radius 3 is 2.70 bits per heavy atom. The van der Waals surface area contributed by atoms with Crippen molar-refractivity contribution in [3.05, 3.63) is 23.8 Å². The summed E-state index contributed by atoms with van der Waals surface area (Å²) in [6.45, 7) is 4.41. The molecule has 20 heavy (non-hydrogen) atoms. The zero-order valence-corrected chi connectivity index (χ0v) is 13.6. The van der Waals surface area contributed by atoms with E-state index in [1.54, 1.807) is 18.7 Å². The summed E-state index contributed by atoms with van der Waals surface area (Å²) in [5.41, 5.74) is 7.52. The maximum atomic E-state index is 11.6. The number of benzene rings is 1. The minimum absolute atomic E-state index is 0.170. The number of likely N-dealkylation sites (N-methyl/N-ethyl adjacent to an activating group) is 1. The molecule has 0 aliphatic carbocycles. The Balaban J connectivity index is 3.07. The number of rotatable bonds is 7. The number of nitrogens with zero attached hydrogens (tertiary/aromatic N) is 1. The first kappa shape index (κ1) is 16.8. The van der Waals surface area contributed by atoms with Gasteiger partial charge in [-0.05, 0) is 24.8 Å². The van der Waals surface area contributed by atoms with Gasteiger partial charge in [0.1, 0.15) is 11.5 Å². The summed E-state index contributed by atoms with van der Waals surface area (Å²) >= 11 is 6.84. The van der Waals surface area contributed by atoms with Gasteiger partial charge in [-0.15, -0.1) is 11.8 Å². The third-order valence-corrected chi connectivity index (χ3v) is 3.78. The van der Waals surface area contributed by atoms with E-state index in [0.29, 0.717) is 11.6 Å². The molecule has 0 saturated carbocycles. The second-order valence-corrected chi connectivity index (χ2v) is 5.85. The second kappa shape index (κ2) is 8.11. The fourth-order valence-corrected chi connectivity index (χ4v) is 2.97. The number of carbonyl (C=O) groups is 1. The van der Waals surface area contributed by atoms with Crippen molar-refractivity contribution in [2.24, 2.45) is 5.73 Å². The van der Waals surface area contributed by atoms with E-state index in [-0.39, 0.29) is 12.5 Å². The molecule has 0 aliphatic rings. The second-order valence-electron chi connectivity index (χ2n) is 4.11. The highest BCUT2D eigenvalue weighted by molar-refractivity contribution is 7.99. The van der Waals surface area contributed by atoms with Gasteiger partial charge < -0.3 is 15.4 Å². The molecule has 0 amide bonds. The number of anilines is 1. The van der Waals surface area contributed by atoms with Crippen LogP contribution in [-0.4, -0.2) is 36.9 Å². The lowest BCUT2D eigenvalue weighted by molar-refractivity contribution is -0.141. The minimum Gasteiger partial charge on any atom is -0.465 e. The zero-order valence-electron chi connectivity index (χ0n) is 12.0.